The van der Waals surface area contributed by atoms with Gasteiger partial charge in [-0.3, -0.25) is 0 Å². The van der Waals surface area contributed by atoms with Gasteiger partial charge in [-0.2, -0.15) is 0 Å². The first-order chi connectivity index (χ1) is 7.36. The highest BCUT2D eigenvalue weighted by Gasteiger charge is 2.26. The number of piperidine rings is 1. The summed E-state index contributed by atoms with van der Waals surface area (Å²) in [4.78, 5) is 5.09. The van der Waals surface area contributed by atoms with Crippen LogP contribution < -0.4 is 0 Å². The number of hydrogen-bond donors (Lipinski definition) is 0. The Labute approximate surface area is 96.6 Å². The molecule has 0 aromatic carbocycles. The SMILES string of the molecule is CC.CC.CN1CCC(N2CCC2)CC1. The summed E-state index contributed by atoms with van der Waals surface area (Å²) < 4.78 is 0. The van der Waals surface area contributed by atoms with Crippen LogP contribution >= 0.6 is 0 Å². The topological polar surface area (TPSA) is 6.48 Å². The van der Waals surface area contributed by atoms with Crippen LogP contribution in [0, 0.1) is 0 Å². The van der Waals surface area contributed by atoms with E-state index in [9.17, 15) is 0 Å². The van der Waals surface area contributed by atoms with E-state index in [1.807, 2.05) is 27.7 Å². The van der Waals surface area contributed by atoms with Crippen LogP contribution in [0.1, 0.15) is 47.0 Å². The summed E-state index contributed by atoms with van der Waals surface area (Å²) in [7, 11) is 2.23. The summed E-state index contributed by atoms with van der Waals surface area (Å²) in [6.07, 6.45) is 4.24. The molecule has 2 heterocycles. The van der Waals surface area contributed by atoms with Crippen molar-refractivity contribution < 1.29 is 0 Å². The van der Waals surface area contributed by atoms with Crippen LogP contribution in [-0.2, 0) is 0 Å². The van der Waals surface area contributed by atoms with Crippen molar-refractivity contribution in [1.82, 2.24) is 9.80 Å². The van der Waals surface area contributed by atoms with Crippen molar-refractivity contribution in [3.63, 3.8) is 0 Å². The van der Waals surface area contributed by atoms with Gasteiger partial charge in [0.2, 0.25) is 0 Å². The van der Waals surface area contributed by atoms with E-state index in [2.05, 4.69) is 16.8 Å². The number of rotatable bonds is 1. The molecule has 2 aliphatic heterocycles. The standard InChI is InChI=1S/C9H18N2.2C2H6/c1-10-7-3-9(4-8-10)11-5-2-6-11;2*1-2/h9H,2-8H2,1H3;2*1-2H3. The van der Waals surface area contributed by atoms with Gasteiger partial charge in [-0.05, 0) is 52.5 Å². The average Bonchev–Trinajstić information content (AvgIpc) is 2.25. The largest absolute Gasteiger partial charge is 0.306 e. The zero-order chi connectivity index (χ0) is 11.7. The predicted molar refractivity (Wildman–Crippen MR) is 69.4 cm³/mol. The van der Waals surface area contributed by atoms with Gasteiger partial charge in [0.05, 0.1) is 0 Å². The Kier molecular flexibility index (Phi) is 9.12. The monoisotopic (exact) mass is 214 g/mol. The first-order valence-electron chi connectivity index (χ1n) is 6.79. The zero-order valence-electron chi connectivity index (χ0n) is 11.4. The molecule has 0 spiro atoms. The molecule has 0 aromatic rings. The van der Waals surface area contributed by atoms with Gasteiger partial charge in [-0.25, -0.2) is 0 Å². The molecule has 15 heavy (non-hydrogen) atoms. The summed E-state index contributed by atoms with van der Waals surface area (Å²) in [6.45, 7) is 13.4. The highest BCUT2D eigenvalue weighted by atomic mass is 15.2. The van der Waals surface area contributed by atoms with E-state index in [0.29, 0.717) is 0 Å². The van der Waals surface area contributed by atoms with E-state index in [1.54, 1.807) is 0 Å². The lowest BCUT2D eigenvalue weighted by Gasteiger charge is -2.42. The lowest BCUT2D eigenvalue weighted by Crippen LogP contribution is -2.49. The molecule has 2 rings (SSSR count). The summed E-state index contributed by atoms with van der Waals surface area (Å²) in [5, 5.41) is 0. The molecule has 0 radical (unpaired) electrons. The first kappa shape index (κ1) is 14.9. The molecule has 0 N–H and O–H groups in total. The Morgan fingerprint density at radius 2 is 1.27 bits per heavy atom. The van der Waals surface area contributed by atoms with Gasteiger partial charge < -0.3 is 9.80 Å². The molecule has 0 aliphatic carbocycles. The quantitative estimate of drug-likeness (QED) is 0.662. The maximum atomic E-state index is 2.65. The zero-order valence-corrected chi connectivity index (χ0v) is 11.4. The van der Waals surface area contributed by atoms with Crippen molar-refractivity contribution in [3.8, 4) is 0 Å². The highest BCUT2D eigenvalue weighted by Crippen LogP contribution is 2.20. The summed E-state index contributed by atoms with van der Waals surface area (Å²) in [5.74, 6) is 0. The van der Waals surface area contributed by atoms with Crippen molar-refractivity contribution in [2.45, 2.75) is 53.0 Å². The van der Waals surface area contributed by atoms with E-state index in [-0.39, 0.29) is 0 Å². The molecule has 0 amide bonds. The first-order valence-corrected chi connectivity index (χ1v) is 6.79. The summed E-state index contributed by atoms with van der Waals surface area (Å²) in [6, 6.07) is 0.931. The van der Waals surface area contributed by atoms with Crippen LogP contribution in [0.15, 0.2) is 0 Å². The maximum absolute atomic E-state index is 2.65. The summed E-state index contributed by atoms with van der Waals surface area (Å²) in [5.41, 5.74) is 0. The summed E-state index contributed by atoms with van der Waals surface area (Å²) >= 11 is 0. The molecule has 2 nitrogen and oxygen atoms in total. The van der Waals surface area contributed by atoms with Crippen LogP contribution in [0.3, 0.4) is 0 Å². The highest BCUT2D eigenvalue weighted by molar-refractivity contribution is 4.82. The Morgan fingerprint density at radius 1 is 0.800 bits per heavy atom. The van der Waals surface area contributed by atoms with E-state index in [0.717, 1.165) is 6.04 Å². The molecule has 0 bridgehead atoms. The maximum Gasteiger partial charge on any atom is 0.0120 e. The van der Waals surface area contributed by atoms with Gasteiger partial charge in [0, 0.05) is 6.04 Å². The van der Waals surface area contributed by atoms with Crippen molar-refractivity contribution >= 4 is 0 Å². The average molecular weight is 214 g/mol. The molecular formula is C13H30N2. The second-order valence-electron chi connectivity index (χ2n) is 3.92. The molecule has 2 saturated heterocycles. The third kappa shape index (κ3) is 4.98. The van der Waals surface area contributed by atoms with E-state index >= 15 is 0 Å². The third-order valence-corrected chi connectivity index (χ3v) is 3.10. The second-order valence-corrected chi connectivity index (χ2v) is 3.92. The number of hydrogen-bond acceptors (Lipinski definition) is 2. The third-order valence-electron chi connectivity index (χ3n) is 3.10. The minimum Gasteiger partial charge on any atom is -0.306 e. The van der Waals surface area contributed by atoms with Gasteiger partial charge in [0.25, 0.3) is 0 Å². The van der Waals surface area contributed by atoms with E-state index in [1.165, 1.54) is 45.4 Å². The van der Waals surface area contributed by atoms with Crippen molar-refractivity contribution in [3.05, 3.63) is 0 Å². The molecule has 0 unspecified atom stereocenters. The smallest absolute Gasteiger partial charge is 0.0120 e. The fourth-order valence-corrected chi connectivity index (χ4v) is 2.07. The lowest BCUT2D eigenvalue weighted by atomic mass is 10.0. The van der Waals surface area contributed by atoms with Crippen LogP contribution in [0.5, 0.6) is 0 Å². The van der Waals surface area contributed by atoms with Crippen LogP contribution in [0.2, 0.25) is 0 Å². The predicted octanol–water partition coefficient (Wildman–Crippen LogP) is 2.84. The fourth-order valence-electron chi connectivity index (χ4n) is 2.07. The molecule has 0 saturated carbocycles. The Morgan fingerprint density at radius 3 is 1.60 bits per heavy atom. The van der Waals surface area contributed by atoms with Crippen molar-refractivity contribution in [1.29, 1.82) is 0 Å². The molecule has 2 aliphatic rings. The van der Waals surface area contributed by atoms with Gasteiger partial charge in [-0.1, -0.05) is 27.7 Å². The van der Waals surface area contributed by atoms with Gasteiger partial charge in [-0.15, -0.1) is 0 Å². The second kappa shape index (κ2) is 9.17. The van der Waals surface area contributed by atoms with Crippen LogP contribution in [0.25, 0.3) is 0 Å². The van der Waals surface area contributed by atoms with E-state index < -0.39 is 0 Å². The van der Waals surface area contributed by atoms with Gasteiger partial charge in [0.1, 0.15) is 0 Å². The Bertz CT molecular complexity index is 124. The van der Waals surface area contributed by atoms with Crippen LogP contribution in [-0.4, -0.2) is 49.1 Å². The van der Waals surface area contributed by atoms with E-state index in [4.69, 9.17) is 0 Å². The molecule has 0 atom stereocenters. The Balaban J connectivity index is 0.000000442. The fraction of sp³-hybridized carbons (Fsp3) is 1.00. The van der Waals surface area contributed by atoms with Crippen molar-refractivity contribution in [2.24, 2.45) is 0 Å². The minimum absolute atomic E-state index is 0.931. The molecular weight excluding hydrogens is 184 g/mol. The van der Waals surface area contributed by atoms with Crippen LogP contribution in [0.4, 0.5) is 0 Å². The Hall–Kier alpha value is -0.0800. The van der Waals surface area contributed by atoms with Gasteiger partial charge in [0.15, 0.2) is 0 Å². The molecule has 2 heteroatoms. The number of nitrogens with zero attached hydrogens (tertiary/aromatic N) is 2. The van der Waals surface area contributed by atoms with Crippen molar-refractivity contribution in [2.75, 3.05) is 33.2 Å². The molecule has 92 valence electrons. The normalized spacial score (nSPS) is 23.0. The number of likely N-dealkylation sites (tertiary alicyclic amines) is 2. The lowest BCUT2D eigenvalue weighted by molar-refractivity contribution is 0.0707. The van der Waals surface area contributed by atoms with Gasteiger partial charge >= 0.3 is 0 Å². The molecule has 0 aromatic heterocycles. The minimum atomic E-state index is 0.931. The molecule has 2 fully saturated rings.